The fourth-order valence-electron chi connectivity index (χ4n) is 4.21. The molecule has 35 heavy (non-hydrogen) atoms. The first-order chi connectivity index (χ1) is 17.0. The summed E-state index contributed by atoms with van der Waals surface area (Å²) in [6, 6.07) is 12.7. The molecule has 3 heterocycles. The van der Waals surface area contributed by atoms with E-state index in [1.807, 2.05) is 40.0 Å². The highest BCUT2D eigenvalue weighted by molar-refractivity contribution is 9.10. The van der Waals surface area contributed by atoms with Crippen LogP contribution >= 0.6 is 27.3 Å². The zero-order chi connectivity index (χ0) is 24.4. The van der Waals surface area contributed by atoms with Crippen LogP contribution in [-0.2, 0) is 6.54 Å². The molecule has 1 unspecified atom stereocenters. The van der Waals surface area contributed by atoms with Crippen LogP contribution in [0.1, 0.15) is 28.9 Å². The molecule has 10 heteroatoms. The van der Waals surface area contributed by atoms with Gasteiger partial charge in [0.1, 0.15) is 16.5 Å². The second kappa shape index (κ2) is 10.3. The van der Waals surface area contributed by atoms with Gasteiger partial charge >= 0.3 is 0 Å². The molecule has 0 radical (unpaired) electrons. The molecule has 1 saturated heterocycles. The van der Waals surface area contributed by atoms with E-state index in [2.05, 4.69) is 31.3 Å². The summed E-state index contributed by atoms with van der Waals surface area (Å²) in [5.74, 6) is -0.769. The number of thiazole rings is 1. The smallest absolute Gasteiger partial charge is 0.275 e. The number of piperidine rings is 1. The van der Waals surface area contributed by atoms with E-state index in [0.717, 1.165) is 28.4 Å². The van der Waals surface area contributed by atoms with E-state index < -0.39 is 0 Å². The van der Waals surface area contributed by atoms with Gasteiger partial charge in [0.15, 0.2) is 0 Å². The fourth-order valence-corrected chi connectivity index (χ4v) is 5.39. The van der Waals surface area contributed by atoms with Crippen molar-refractivity contribution >= 4 is 44.5 Å². The van der Waals surface area contributed by atoms with Gasteiger partial charge in [-0.05, 0) is 36.6 Å². The lowest BCUT2D eigenvalue weighted by Crippen LogP contribution is -2.43. The number of nitrogens with one attached hydrogen (secondary N) is 1. The number of hydrogen-bond donors (Lipinski definition) is 2. The molecular weight excluding hydrogens is 531 g/mol. The average molecular weight is 555 g/mol. The number of hydrogen-bond acceptors (Lipinski definition) is 6. The Morgan fingerprint density at radius 2 is 2.11 bits per heavy atom. The number of amides is 1. The minimum atomic E-state index is -0.388. The molecule has 0 spiro atoms. The van der Waals surface area contributed by atoms with Gasteiger partial charge in [-0.1, -0.05) is 40.2 Å². The Hall–Kier alpha value is -3.08. The molecule has 4 aromatic rings. The molecule has 2 aromatic heterocycles. The maximum absolute atomic E-state index is 14.8. The summed E-state index contributed by atoms with van der Waals surface area (Å²) in [6.07, 6.45) is 5.44. The van der Waals surface area contributed by atoms with Crippen molar-refractivity contribution in [3.63, 3.8) is 0 Å². The number of rotatable bonds is 6. The second-order valence-corrected chi connectivity index (χ2v) is 10.2. The van der Waals surface area contributed by atoms with E-state index in [1.54, 1.807) is 23.7 Å². The number of benzene rings is 2. The van der Waals surface area contributed by atoms with Crippen LogP contribution in [0.3, 0.4) is 0 Å². The van der Waals surface area contributed by atoms with Crippen molar-refractivity contribution in [2.45, 2.75) is 25.4 Å². The SMILES string of the molecule is NC1CCCN(c2c(F)cccc2NC(=O)c2csc(-c3cnn(Cc4ccccc4Br)c3)n2)C1. The Labute approximate surface area is 214 Å². The van der Waals surface area contributed by atoms with Gasteiger partial charge in [0.05, 0.1) is 24.1 Å². The van der Waals surface area contributed by atoms with Crippen LogP contribution in [0.25, 0.3) is 10.6 Å². The molecule has 3 N–H and O–H groups in total. The fraction of sp³-hybridized carbons (Fsp3) is 0.240. The summed E-state index contributed by atoms with van der Waals surface area (Å²) in [6.45, 7) is 1.86. The third kappa shape index (κ3) is 5.29. The Kier molecular flexibility index (Phi) is 6.94. The van der Waals surface area contributed by atoms with Crippen molar-refractivity contribution in [3.8, 4) is 10.6 Å². The number of halogens is 2. The Morgan fingerprint density at radius 3 is 2.94 bits per heavy atom. The zero-order valence-corrected chi connectivity index (χ0v) is 21.2. The number of nitrogens with zero attached hydrogens (tertiary/aromatic N) is 4. The number of carbonyl (C=O) groups excluding carboxylic acids is 1. The van der Waals surface area contributed by atoms with Gasteiger partial charge in [-0.2, -0.15) is 5.10 Å². The molecule has 0 saturated carbocycles. The van der Waals surface area contributed by atoms with Gasteiger partial charge in [-0.3, -0.25) is 9.48 Å². The highest BCUT2D eigenvalue weighted by Crippen LogP contribution is 2.32. The maximum atomic E-state index is 14.8. The highest BCUT2D eigenvalue weighted by Gasteiger charge is 2.24. The van der Waals surface area contributed by atoms with Crippen molar-refractivity contribution in [2.24, 2.45) is 5.73 Å². The molecule has 0 aliphatic carbocycles. The van der Waals surface area contributed by atoms with Crippen molar-refractivity contribution in [3.05, 3.63) is 81.8 Å². The van der Waals surface area contributed by atoms with Gasteiger partial charge in [-0.25, -0.2) is 9.37 Å². The molecule has 0 bridgehead atoms. The lowest BCUT2D eigenvalue weighted by atomic mass is 10.1. The number of para-hydroxylation sites is 1. The van der Waals surface area contributed by atoms with Gasteiger partial charge in [0.2, 0.25) is 0 Å². The Balaban J connectivity index is 1.31. The Morgan fingerprint density at radius 1 is 1.26 bits per heavy atom. The molecule has 1 amide bonds. The van der Waals surface area contributed by atoms with E-state index in [0.29, 0.717) is 36.0 Å². The van der Waals surface area contributed by atoms with Crippen molar-refractivity contribution < 1.29 is 9.18 Å². The average Bonchev–Trinajstić information content (AvgIpc) is 3.51. The van der Waals surface area contributed by atoms with Crippen LogP contribution in [0.5, 0.6) is 0 Å². The molecule has 2 aromatic carbocycles. The molecule has 5 rings (SSSR count). The van der Waals surface area contributed by atoms with Gasteiger partial charge in [0.25, 0.3) is 5.91 Å². The lowest BCUT2D eigenvalue weighted by Gasteiger charge is -2.34. The lowest BCUT2D eigenvalue weighted by molar-refractivity contribution is 0.102. The van der Waals surface area contributed by atoms with Crippen LogP contribution < -0.4 is 16.0 Å². The van der Waals surface area contributed by atoms with Gasteiger partial charge in [0, 0.05) is 40.7 Å². The van der Waals surface area contributed by atoms with Crippen molar-refractivity contribution in [1.82, 2.24) is 14.8 Å². The normalized spacial score (nSPS) is 15.9. The highest BCUT2D eigenvalue weighted by atomic mass is 79.9. The van der Waals surface area contributed by atoms with Crippen molar-refractivity contribution in [2.75, 3.05) is 23.3 Å². The monoisotopic (exact) mass is 554 g/mol. The van der Waals surface area contributed by atoms with E-state index in [9.17, 15) is 9.18 Å². The van der Waals surface area contributed by atoms with E-state index >= 15 is 0 Å². The number of nitrogens with two attached hydrogens (primary N) is 1. The standard InChI is InChI=1S/C25H24BrFN6OS/c26-19-7-2-1-5-16(19)12-33-13-17(11-29-33)25-31-22(15-35-25)24(34)30-21-9-3-8-20(27)23(21)32-10-4-6-18(28)14-32/h1-3,5,7-9,11,13,15,18H,4,6,10,12,14,28H2,(H,30,34). The van der Waals surface area contributed by atoms with E-state index in [1.165, 1.54) is 17.4 Å². The van der Waals surface area contributed by atoms with E-state index in [-0.39, 0.29) is 23.5 Å². The minimum Gasteiger partial charge on any atom is -0.366 e. The summed E-state index contributed by atoms with van der Waals surface area (Å²) in [5, 5.41) is 9.67. The summed E-state index contributed by atoms with van der Waals surface area (Å²) in [5.41, 5.74) is 9.10. The zero-order valence-electron chi connectivity index (χ0n) is 18.8. The largest absolute Gasteiger partial charge is 0.366 e. The first-order valence-corrected chi connectivity index (χ1v) is 13.0. The summed E-state index contributed by atoms with van der Waals surface area (Å²) in [7, 11) is 0. The molecule has 7 nitrogen and oxygen atoms in total. The molecule has 180 valence electrons. The summed E-state index contributed by atoms with van der Waals surface area (Å²) in [4.78, 5) is 19.4. The van der Waals surface area contributed by atoms with Gasteiger partial charge < -0.3 is 16.0 Å². The van der Waals surface area contributed by atoms with Gasteiger partial charge in [-0.15, -0.1) is 11.3 Å². The summed E-state index contributed by atoms with van der Waals surface area (Å²) >= 11 is 4.93. The van der Waals surface area contributed by atoms with Crippen LogP contribution in [-0.4, -0.2) is 39.8 Å². The topological polar surface area (TPSA) is 89.1 Å². The molecule has 1 aliphatic heterocycles. The quantitative estimate of drug-likeness (QED) is 0.344. The predicted molar refractivity (Wildman–Crippen MR) is 140 cm³/mol. The van der Waals surface area contributed by atoms with Crippen LogP contribution in [0, 0.1) is 5.82 Å². The predicted octanol–water partition coefficient (Wildman–Crippen LogP) is 5.14. The van der Waals surface area contributed by atoms with Crippen LogP contribution in [0.2, 0.25) is 0 Å². The number of anilines is 2. The Bertz CT molecular complexity index is 1360. The maximum Gasteiger partial charge on any atom is 0.275 e. The summed E-state index contributed by atoms with van der Waals surface area (Å²) < 4.78 is 17.6. The first kappa shape index (κ1) is 23.7. The molecule has 1 fully saturated rings. The third-order valence-electron chi connectivity index (χ3n) is 5.92. The second-order valence-electron chi connectivity index (χ2n) is 8.49. The number of carbonyl (C=O) groups is 1. The third-order valence-corrected chi connectivity index (χ3v) is 7.58. The number of aromatic nitrogens is 3. The van der Waals surface area contributed by atoms with Crippen LogP contribution in [0.15, 0.2) is 64.7 Å². The van der Waals surface area contributed by atoms with Crippen molar-refractivity contribution in [1.29, 1.82) is 0 Å². The van der Waals surface area contributed by atoms with E-state index in [4.69, 9.17) is 5.73 Å². The molecule has 1 atom stereocenters. The van der Waals surface area contributed by atoms with Crippen LogP contribution in [0.4, 0.5) is 15.8 Å². The molecular formula is C25H24BrFN6OS. The molecule has 1 aliphatic rings. The first-order valence-electron chi connectivity index (χ1n) is 11.3. The minimum absolute atomic E-state index is 0.0167.